The van der Waals surface area contributed by atoms with E-state index in [1.807, 2.05) is 4.90 Å². The van der Waals surface area contributed by atoms with E-state index in [4.69, 9.17) is 5.73 Å². The van der Waals surface area contributed by atoms with Crippen LogP contribution in [-0.4, -0.2) is 40.7 Å². The zero-order valence-corrected chi connectivity index (χ0v) is 14.1. The summed E-state index contributed by atoms with van der Waals surface area (Å²) in [4.78, 5) is 14.3. The molecule has 118 valence electrons. The van der Waals surface area contributed by atoms with Crippen molar-refractivity contribution in [3.63, 3.8) is 0 Å². The average Bonchev–Trinajstić information content (AvgIpc) is 2.75. The Morgan fingerprint density at radius 1 is 1.48 bits per heavy atom. The highest BCUT2D eigenvalue weighted by molar-refractivity contribution is 7.91. The Labute approximate surface area is 129 Å². The van der Waals surface area contributed by atoms with Gasteiger partial charge in [-0.05, 0) is 18.8 Å². The van der Waals surface area contributed by atoms with Gasteiger partial charge in [0, 0.05) is 26.4 Å². The molecule has 0 bridgehead atoms. The van der Waals surface area contributed by atoms with Gasteiger partial charge in [-0.25, -0.2) is 8.42 Å². The summed E-state index contributed by atoms with van der Waals surface area (Å²) in [6, 6.07) is 0. The highest BCUT2D eigenvalue weighted by Gasteiger charge is 2.31. The fourth-order valence-electron chi connectivity index (χ4n) is 2.64. The second kappa shape index (κ2) is 5.84. The summed E-state index contributed by atoms with van der Waals surface area (Å²) in [5, 5.41) is 3.10. The van der Waals surface area contributed by atoms with Crippen LogP contribution in [0.3, 0.4) is 0 Å². The van der Waals surface area contributed by atoms with Gasteiger partial charge < -0.3 is 16.0 Å². The van der Waals surface area contributed by atoms with Gasteiger partial charge in [0.2, 0.25) is 0 Å². The van der Waals surface area contributed by atoms with Gasteiger partial charge in [-0.3, -0.25) is 4.79 Å². The number of amides is 1. The van der Waals surface area contributed by atoms with Crippen molar-refractivity contribution in [1.82, 2.24) is 5.32 Å². The van der Waals surface area contributed by atoms with Crippen molar-refractivity contribution in [2.45, 2.75) is 24.7 Å². The summed E-state index contributed by atoms with van der Waals surface area (Å²) < 4.78 is 24.2. The topological polar surface area (TPSA) is 92.5 Å². The van der Waals surface area contributed by atoms with E-state index in [0.717, 1.165) is 43.5 Å². The van der Waals surface area contributed by atoms with Crippen LogP contribution in [0, 0.1) is 5.92 Å². The van der Waals surface area contributed by atoms with Crippen molar-refractivity contribution in [2.75, 3.05) is 37.0 Å². The van der Waals surface area contributed by atoms with Crippen molar-refractivity contribution in [3.05, 3.63) is 4.88 Å². The maximum Gasteiger partial charge on any atom is 0.263 e. The zero-order chi connectivity index (χ0) is 15.8. The van der Waals surface area contributed by atoms with Crippen LogP contribution in [0.25, 0.3) is 0 Å². The monoisotopic (exact) mass is 331 g/mol. The number of anilines is 2. The number of thiophene rings is 1. The fourth-order valence-corrected chi connectivity index (χ4v) is 5.33. The van der Waals surface area contributed by atoms with E-state index in [1.165, 1.54) is 7.05 Å². The third-order valence-electron chi connectivity index (χ3n) is 3.63. The lowest BCUT2D eigenvalue weighted by Crippen LogP contribution is -2.34. The number of hydrogen-bond acceptors (Lipinski definition) is 6. The number of sulfone groups is 1. The van der Waals surface area contributed by atoms with Crippen LogP contribution in [-0.2, 0) is 9.84 Å². The molecule has 2 heterocycles. The van der Waals surface area contributed by atoms with Crippen LogP contribution >= 0.6 is 11.3 Å². The first-order valence-electron chi connectivity index (χ1n) is 6.85. The quantitative estimate of drug-likeness (QED) is 0.872. The van der Waals surface area contributed by atoms with Gasteiger partial charge in [-0.2, -0.15) is 0 Å². The molecule has 1 saturated heterocycles. The molecule has 0 aromatic carbocycles. The lowest BCUT2D eigenvalue weighted by molar-refractivity contribution is 0.0968. The van der Waals surface area contributed by atoms with Gasteiger partial charge >= 0.3 is 0 Å². The van der Waals surface area contributed by atoms with Gasteiger partial charge in [-0.1, -0.05) is 6.92 Å². The Hall–Kier alpha value is -1.28. The van der Waals surface area contributed by atoms with Gasteiger partial charge in [0.15, 0.2) is 9.84 Å². The Morgan fingerprint density at radius 2 is 2.14 bits per heavy atom. The molecule has 0 radical (unpaired) electrons. The first-order valence-corrected chi connectivity index (χ1v) is 9.55. The van der Waals surface area contributed by atoms with Crippen molar-refractivity contribution < 1.29 is 13.2 Å². The summed E-state index contributed by atoms with van der Waals surface area (Å²) in [5.41, 5.74) is 6.02. The molecule has 21 heavy (non-hydrogen) atoms. The molecule has 3 N–H and O–H groups in total. The van der Waals surface area contributed by atoms with Gasteiger partial charge in [-0.15, -0.1) is 11.3 Å². The van der Waals surface area contributed by atoms with Crippen molar-refractivity contribution >= 4 is 37.8 Å². The van der Waals surface area contributed by atoms with E-state index in [9.17, 15) is 13.2 Å². The maximum absolute atomic E-state index is 12.1. The molecular weight excluding hydrogens is 310 g/mol. The summed E-state index contributed by atoms with van der Waals surface area (Å²) in [7, 11) is -1.98. The predicted octanol–water partition coefficient (Wildman–Crippen LogP) is 1.33. The standard InChI is InChI=1S/C13H21N3O3S2/c1-8-5-4-6-16(7-8)13-11(21(3,18)19)9(14)10(20-13)12(17)15-2/h8H,4-7,14H2,1-3H3,(H,15,17). The third kappa shape index (κ3) is 3.16. The zero-order valence-electron chi connectivity index (χ0n) is 12.5. The molecule has 0 aliphatic carbocycles. The summed E-state index contributed by atoms with van der Waals surface area (Å²) in [6.07, 6.45) is 3.28. The van der Waals surface area contributed by atoms with E-state index >= 15 is 0 Å². The molecule has 2 rings (SSSR count). The summed E-state index contributed by atoms with van der Waals surface area (Å²) in [5.74, 6) is 0.150. The second-order valence-corrected chi connectivity index (χ2v) is 8.48. The Bertz CT molecular complexity index is 652. The number of nitrogens with one attached hydrogen (secondary N) is 1. The maximum atomic E-state index is 12.1. The lowest BCUT2D eigenvalue weighted by atomic mass is 10.0. The highest BCUT2D eigenvalue weighted by Crippen LogP contribution is 2.42. The van der Waals surface area contributed by atoms with Gasteiger partial charge in [0.05, 0.1) is 5.69 Å². The van der Waals surface area contributed by atoms with Crippen LogP contribution in [0.2, 0.25) is 0 Å². The molecule has 0 saturated carbocycles. The van der Waals surface area contributed by atoms with Gasteiger partial charge in [0.1, 0.15) is 14.8 Å². The molecule has 6 nitrogen and oxygen atoms in total. The van der Waals surface area contributed by atoms with E-state index < -0.39 is 9.84 Å². The minimum Gasteiger partial charge on any atom is -0.396 e. The number of piperidine rings is 1. The van der Waals surface area contributed by atoms with E-state index in [0.29, 0.717) is 10.9 Å². The average molecular weight is 331 g/mol. The van der Waals surface area contributed by atoms with Crippen molar-refractivity contribution in [2.24, 2.45) is 5.92 Å². The molecule has 0 spiro atoms. The Balaban J connectivity index is 2.56. The predicted molar refractivity (Wildman–Crippen MR) is 85.8 cm³/mol. The van der Waals surface area contributed by atoms with Crippen LogP contribution in [0.1, 0.15) is 29.4 Å². The molecule has 1 aliphatic rings. The Morgan fingerprint density at radius 3 is 2.67 bits per heavy atom. The molecule has 1 aromatic heterocycles. The smallest absolute Gasteiger partial charge is 0.263 e. The third-order valence-corrected chi connectivity index (χ3v) is 6.18. The molecule has 1 fully saturated rings. The number of nitrogens with zero attached hydrogens (tertiary/aromatic N) is 1. The minimum absolute atomic E-state index is 0.0649. The fraction of sp³-hybridized carbons (Fsp3) is 0.615. The number of nitrogen functional groups attached to an aromatic ring is 1. The SMILES string of the molecule is CNC(=O)c1sc(N2CCCC(C)C2)c(S(C)(=O)=O)c1N. The Kier molecular flexibility index (Phi) is 4.48. The first kappa shape index (κ1) is 16.1. The number of carbonyl (C=O) groups excluding carboxylic acids is 1. The number of carbonyl (C=O) groups is 1. The largest absolute Gasteiger partial charge is 0.396 e. The number of rotatable bonds is 3. The highest BCUT2D eigenvalue weighted by atomic mass is 32.2. The van der Waals surface area contributed by atoms with E-state index in [-0.39, 0.29) is 21.4 Å². The molecule has 1 aromatic rings. The minimum atomic E-state index is -3.49. The molecule has 1 amide bonds. The normalized spacial score (nSPS) is 19.6. The molecule has 1 unspecified atom stereocenters. The van der Waals surface area contributed by atoms with Crippen molar-refractivity contribution in [1.29, 1.82) is 0 Å². The van der Waals surface area contributed by atoms with Crippen LogP contribution < -0.4 is 16.0 Å². The van der Waals surface area contributed by atoms with E-state index in [1.54, 1.807) is 0 Å². The van der Waals surface area contributed by atoms with Crippen LogP contribution in [0.5, 0.6) is 0 Å². The van der Waals surface area contributed by atoms with Crippen LogP contribution in [0.4, 0.5) is 10.7 Å². The van der Waals surface area contributed by atoms with Crippen molar-refractivity contribution in [3.8, 4) is 0 Å². The number of hydrogen-bond donors (Lipinski definition) is 2. The van der Waals surface area contributed by atoms with Gasteiger partial charge in [0.25, 0.3) is 5.91 Å². The second-order valence-electron chi connectivity index (χ2n) is 5.52. The molecule has 8 heteroatoms. The van der Waals surface area contributed by atoms with Crippen LogP contribution in [0.15, 0.2) is 4.90 Å². The van der Waals surface area contributed by atoms with E-state index in [2.05, 4.69) is 12.2 Å². The summed E-state index contributed by atoms with van der Waals surface area (Å²) in [6.45, 7) is 3.72. The first-order chi connectivity index (χ1) is 9.75. The lowest BCUT2D eigenvalue weighted by Gasteiger charge is -2.32. The molecule has 1 aliphatic heterocycles. The molecule has 1 atom stereocenters. The number of nitrogens with two attached hydrogens (primary N) is 1. The summed E-state index contributed by atoms with van der Waals surface area (Å²) >= 11 is 1.16. The molecular formula is C13H21N3O3S2.